The first-order valence-corrected chi connectivity index (χ1v) is 5.04. The standard InChI is InChI=1S/C9H7NOS2/c11-8-6-9(12)13-10(8)7-4-2-1-3-5-7/h1-5H,6H2. The molecule has 2 rings (SSSR count). The molecule has 1 amide bonds. The van der Waals surface area contributed by atoms with E-state index in [1.165, 1.54) is 11.9 Å². The van der Waals surface area contributed by atoms with Crippen LogP contribution in [0.3, 0.4) is 0 Å². The van der Waals surface area contributed by atoms with E-state index < -0.39 is 0 Å². The summed E-state index contributed by atoms with van der Waals surface area (Å²) in [6, 6.07) is 9.54. The monoisotopic (exact) mass is 209 g/mol. The molecule has 0 saturated carbocycles. The number of hydrogen-bond donors (Lipinski definition) is 0. The van der Waals surface area contributed by atoms with E-state index in [0.717, 1.165) is 9.88 Å². The van der Waals surface area contributed by atoms with Gasteiger partial charge in [0.2, 0.25) is 5.91 Å². The van der Waals surface area contributed by atoms with Crippen LogP contribution in [0.2, 0.25) is 0 Å². The summed E-state index contributed by atoms with van der Waals surface area (Å²) in [5.74, 6) is 0.0706. The minimum atomic E-state index is 0.0706. The van der Waals surface area contributed by atoms with Crippen LogP contribution in [-0.4, -0.2) is 10.1 Å². The number of anilines is 1. The zero-order chi connectivity index (χ0) is 9.26. The van der Waals surface area contributed by atoms with Crippen molar-refractivity contribution in [1.29, 1.82) is 0 Å². The Bertz CT molecular complexity index is 350. The lowest BCUT2D eigenvalue weighted by atomic mass is 10.3. The van der Waals surface area contributed by atoms with Crippen molar-refractivity contribution in [3.63, 3.8) is 0 Å². The highest BCUT2D eigenvalue weighted by molar-refractivity contribution is 8.25. The number of carbonyl (C=O) groups is 1. The van der Waals surface area contributed by atoms with Gasteiger partial charge in [-0.2, -0.15) is 0 Å². The molecule has 0 aromatic heterocycles. The van der Waals surface area contributed by atoms with Crippen molar-refractivity contribution in [1.82, 2.24) is 0 Å². The Kier molecular flexibility index (Phi) is 2.33. The van der Waals surface area contributed by atoms with Crippen LogP contribution >= 0.6 is 24.2 Å². The molecule has 1 aromatic carbocycles. The van der Waals surface area contributed by atoms with Gasteiger partial charge in [0, 0.05) is 11.9 Å². The minimum absolute atomic E-state index is 0.0706. The summed E-state index contributed by atoms with van der Waals surface area (Å²) in [6.45, 7) is 0. The van der Waals surface area contributed by atoms with Crippen LogP contribution in [0, 0.1) is 0 Å². The third-order valence-electron chi connectivity index (χ3n) is 1.71. The molecule has 1 fully saturated rings. The summed E-state index contributed by atoms with van der Waals surface area (Å²) in [5, 5.41) is 0. The molecule has 2 nitrogen and oxygen atoms in total. The van der Waals surface area contributed by atoms with Gasteiger partial charge in [-0.05, 0) is 12.1 Å². The van der Waals surface area contributed by atoms with Gasteiger partial charge in [0.05, 0.1) is 16.3 Å². The van der Waals surface area contributed by atoms with Crippen LogP contribution in [0.5, 0.6) is 0 Å². The maximum Gasteiger partial charge on any atom is 0.243 e. The molecule has 0 spiro atoms. The van der Waals surface area contributed by atoms with Gasteiger partial charge in [-0.3, -0.25) is 4.79 Å². The largest absolute Gasteiger partial charge is 0.273 e. The summed E-state index contributed by atoms with van der Waals surface area (Å²) in [7, 11) is 0. The molecule has 13 heavy (non-hydrogen) atoms. The summed E-state index contributed by atoms with van der Waals surface area (Å²) in [6.07, 6.45) is 0.384. The van der Waals surface area contributed by atoms with Gasteiger partial charge in [0.15, 0.2) is 0 Å². The fourth-order valence-electron chi connectivity index (χ4n) is 1.14. The number of carbonyl (C=O) groups excluding carboxylic acids is 1. The molecule has 1 aliphatic heterocycles. The molecule has 0 N–H and O–H groups in total. The number of amides is 1. The van der Waals surface area contributed by atoms with E-state index in [9.17, 15) is 4.79 Å². The number of hydrogen-bond acceptors (Lipinski definition) is 3. The van der Waals surface area contributed by atoms with Crippen LogP contribution in [0.25, 0.3) is 0 Å². The second-order valence-electron chi connectivity index (χ2n) is 2.66. The van der Waals surface area contributed by atoms with Gasteiger partial charge in [0.1, 0.15) is 0 Å². The maximum absolute atomic E-state index is 11.4. The van der Waals surface area contributed by atoms with Crippen LogP contribution in [-0.2, 0) is 4.79 Å². The molecule has 1 saturated heterocycles. The van der Waals surface area contributed by atoms with Gasteiger partial charge in [-0.25, -0.2) is 4.31 Å². The average molecular weight is 209 g/mol. The number of para-hydroxylation sites is 1. The first-order chi connectivity index (χ1) is 6.27. The van der Waals surface area contributed by atoms with Crippen molar-refractivity contribution in [2.75, 3.05) is 4.31 Å². The van der Waals surface area contributed by atoms with E-state index in [4.69, 9.17) is 12.2 Å². The Labute approximate surface area is 86.1 Å². The number of thiocarbonyl (C=S) groups is 1. The lowest BCUT2D eigenvalue weighted by molar-refractivity contribution is -0.115. The predicted molar refractivity (Wildman–Crippen MR) is 58.7 cm³/mol. The van der Waals surface area contributed by atoms with Gasteiger partial charge in [0.25, 0.3) is 0 Å². The SMILES string of the molecule is O=C1CC(=S)SN1c1ccccc1. The maximum atomic E-state index is 11.4. The number of rotatable bonds is 1. The Morgan fingerprint density at radius 2 is 2.00 bits per heavy atom. The zero-order valence-electron chi connectivity index (χ0n) is 6.77. The fraction of sp³-hybridized carbons (Fsp3) is 0.111. The number of nitrogens with zero attached hydrogens (tertiary/aromatic N) is 1. The summed E-state index contributed by atoms with van der Waals surface area (Å²) in [4.78, 5) is 11.4. The molecule has 0 aliphatic carbocycles. The van der Waals surface area contributed by atoms with Crippen LogP contribution < -0.4 is 4.31 Å². The van der Waals surface area contributed by atoms with Crippen LogP contribution in [0.4, 0.5) is 5.69 Å². The van der Waals surface area contributed by atoms with Crippen molar-refractivity contribution >= 4 is 40.0 Å². The highest BCUT2D eigenvalue weighted by atomic mass is 32.2. The molecular weight excluding hydrogens is 202 g/mol. The quantitative estimate of drug-likeness (QED) is 0.523. The first kappa shape index (κ1) is 8.72. The molecule has 0 bridgehead atoms. The third kappa shape index (κ3) is 1.73. The predicted octanol–water partition coefficient (Wildman–Crippen LogP) is 2.40. The van der Waals surface area contributed by atoms with Crippen molar-refractivity contribution in [2.45, 2.75) is 6.42 Å². The lowest BCUT2D eigenvalue weighted by Gasteiger charge is -2.12. The topological polar surface area (TPSA) is 20.3 Å². The summed E-state index contributed by atoms with van der Waals surface area (Å²) < 4.78 is 2.39. The van der Waals surface area contributed by atoms with Crippen LogP contribution in [0.1, 0.15) is 6.42 Å². The van der Waals surface area contributed by atoms with E-state index in [1.54, 1.807) is 4.31 Å². The normalized spacial score (nSPS) is 16.8. The zero-order valence-corrected chi connectivity index (χ0v) is 8.40. The molecule has 1 aliphatic rings. The Morgan fingerprint density at radius 3 is 2.54 bits per heavy atom. The molecule has 1 aromatic rings. The van der Waals surface area contributed by atoms with Gasteiger partial charge in [-0.1, -0.05) is 30.4 Å². The Balaban J connectivity index is 2.28. The molecule has 0 atom stereocenters. The third-order valence-corrected chi connectivity index (χ3v) is 3.02. The average Bonchev–Trinajstić information content (AvgIpc) is 2.47. The Morgan fingerprint density at radius 1 is 1.31 bits per heavy atom. The van der Waals surface area contributed by atoms with E-state index in [1.807, 2.05) is 30.3 Å². The minimum Gasteiger partial charge on any atom is -0.273 e. The van der Waals surface area contributed by atoms with Gasteiger partial charge >= 0.3 is 0 Å². The molecule has 0 unspecified atom stereocenters. The molecule has 1 heterocycles. The number of benzene rings is 1. The van der Waals surface area contributed by atoms with Crippen molar-refractivity contribution in [2.24, 2.45) is 0 Å². The molecule has 4 heteroatoms. The van der Waals surface area contributed by atoms with Gasteiger partial charge < -0.3 is 0 Å². The van der Waals surface area contributed by atoms with E-state index in [0.29, 0.717) is 6.42 Å². The highest BCUT2D eigenvalue weighted by Crippen LogP contribution is 2.30. The lowest BCUT2D eigenvalue weighted by Crippen LogP contribution is -2.16. The van der Waals surface area contributed by atoms with Crippen molar-refractivity contribution in [3.05, 3.63) is 30.3 Å². The van der Waals surface area contributed by atoms with Crippen LogP contribution in [0.15, 0.2) is 30.3 Å². The highest BCUT2D eigenvalue weighted by Gasteiger charge is 2.26. The Hall–Kier alpha value is -0.870. The van der Waals surface area contributed by atoms with Crippen molar-refractivity contribution < 1.29 is 4.79 Å². The second kappa shape index (κ2) is 3.47. The molecular formula is C9H7NOS2. The smallest absolute Gasteiger partial charge is 0.243 e. The summed E-state index contributed by atoms with van der Waals surface area (Å²) in [5.41, 5.74) is 0.900. The van der Waals surface area contributed by atoms with E-state index in [-0.39, 0.29) is 5.91 Å². The van der Waals surface area contributed by atoms with Crippen molar-refractivity contribution in [3.8, 4) is 0 Å². The first-order valence-electron chi connectivity index (χ1n) is 3.86. The van der Waals surface area contributed by atoms with E-state index >= 15 is 0 Å². The molecule has 66 valence electrons. The second-order valence-corrected chi connectivity index (χ2v) is 4.46. The summed E-state index contributed by atoms with van der Waals surface area (Å²) >= 11 is 6.32. The van der Waals surface area contributed by atoms with Gasteiger partial charge in [-0.15, -0.1) is 0 Å². The molecule has 0 radical (unpaired) electrons. The fourth-order valence-corrected chi connectivity index (χ4v) is 2.27. The van der Waals surface area contributed by atoms with E-state index in [2.05, 4.69) is 0 Å².